The Hall–Kier alpha value is -2.11. The van der Waals surface area contributed by atoms with Crippen molar-refractivity contribution in [3.8, 4) is 0 Å². The van der Waals surface area contributed by atoms with Gasteiger partial charge in [-0.1, -0.05) is 0 Å². The van der Waals surface area contributed by atoms with Gasteiger partial charge in [-0.2, -0.15) is 0 Å². The van der Waals surface area contributed by atoms with Crippen LogP contribution in [0.2, 0.25) is 0 Å². The number of fused-ring (bicyclic) bond motifs is 1. The number of hydrogen-bond donors (Lipinski definition) is 2. The molecule has 0 amide bonds. The highest BCUT2D eigenvalue weighted by molar-refractivity contribution is 5.96. The third kappa shape index (κ3) is 1.00. The maximum atomic E-state index is 10.8. The number of nitrogen functional groups attached to an aromatic ring is 1. The first kappa shape index (κ1) is 8.49. The first-order valence-electron chi connectivity index (χ1n) is 3.93. The minimum absolute atomic E-state index is 0.0619. The zero-order valence-corrected chi connectivity index (χ0v) is 7.43. The summed E-state index contributed by atoms with van der Waals surface area (Å²) in [5.41, 5.74) is 5.86. The number of rotatable bonds is 1. The van der Waals surface area contributed by atoms with Gasteiger partial charge >= 0.3 is 5.97 Å². The molecule has 0 aliphatic heterocycles. The number of aromatic carboxylic acids is 1. The Balaban J connectivity index is 2.93. The summed E-state index contributed by atoms with van der Waals surface area (Å²) in [7, 11) is 0. The van der Waals surface area contributed by atoms with Crippen molar-refractivity contribution < 1.29 is 9.90 Å². The van der Waals surface area contributed by atoms with E-state index in [1.165, 1.54) is 6.20 Å². The van der Waals surface area contributed by atoms with Gasteiger partial charge in [0, 0.05) is 12.4 Å². The summed E-state index contributed by atoms with van der Waals surface area (Å²) in [6, 6.07) is 0. The van der Waals surface area contributed by atoms with Crippen LogP contribution >= 0.6 is 0 Å². The molecule has 2 aromatic heterocycles. The maximum absolute atomic E-state index is 10.8. The fourth-order valence-corrected chi connectivity index (χ4v) is 1.36. The summed E-state index contributed by atoms with van der Waals surface area (Å²) in [6.45, 7) is 1.71. The molecule has 72 valence electrons. The van der Waals surface area contributed by atoms with Gasteiger partial charge in [0.25, 0.3) is 0 Å². The molecular formula is C8H8N4O2. The maximum Gasteiger partial charge on any atom is 0.356 e. The molecule has 6 heteroatoms. The Labute approximate surface area is 79.0 Å². The number of imidazole rings is 1. The second kappa shape index (κ2) is 2.69. The molecule has 0 radical (unpaired) electrons. The van der Waals surface area contributed by atoms with E-state index in [0.29, 0.717) is 11.3 Å². The first-order chi connectivity index (χ1) is 6.61. The molecule has 14 heavy (non-hydrogen) atoms. The normalized spacial score (nSPS) is 10.6. The van der Waals surface area contributed by atoms with Crippen LogP contribution in [0.1, 0.15) is 16.3 Å². The molecule has 2 rings (SSSR count). The van der Waals surface area contributed by atoms with E-state index in [9.17, 15) is 4.79 Å². The summed E-state index contributed by atoms with van der Waals surface area (Å²) in [6.07, 6.45) is 3.13. The highest BCUT2D eigenvalue weighted by atomic mass is 16.4. The van der Waals surface area contributed by atoms with Gasteiger partial charge < -0.3 is 10.8 Å². The second-order valence-electron chi connectivity index (χ2n) is 2.84. The van der Waals surface area contributed by atoms with Gasteiger partial charge in [-0.05, 0) is 6.92 Å². The van der Waals surface area contributed by atoms with Gasteiger partial charge in [-0.25, -0.2) is 14.8 Å². The summed E-state index contributed by atoms with van der Waals surface area (Å²) < 4.78 is 1.60. The van der Waals surface area contributed by atoms with E-state index in [1.54, 1.807) is 17.5 Å². The number of carbonyl (C=O) groups is 1. The fourth-order valence-electron chi connectivity index (χ4n) is 1.36. The molecule has 0 bridgehead atoms. The number of nitrogens with zero attached hydrogens (tertiary/aromatic N) is 3. The van der Waals surface area contributed by atoms with E-state index in [-0.39, 0.29) is 11.5 Å². The average Bonchev–Trinajstić information content (AvgIpc) is 2.46. The Morgan fingerprint density at radius 2 is 2.36 bits per heavy atom. The summed E-state index contributed by atoms with van der Waals surface area (Å²) >= 11 is 0. The van der Waals surface area contributed by atoms with E-state index in [4.69, 9.17) is 10.8 Å². The Kier molecular flexibility index (Phi) is 1.63. The van der Waals surface area contributed by atoms with Crippen molar-refractivity contribution in [2.45, 2.75) is 6.92 Å². The molecule has 0 aliphatic carbocycles. The van der Waals surface area contributed by atoms with Crippen LogP contribution in [-0.4, -0.2) is 25.4 Å². The van der Waals surface area contributed by atoms with E-state index in [0.717, 1.165) is 0 Å². The van der Waals surface area contributed by atoms with E-state index in [1.807, 2.05) is 0 Å². The van der Waals surface area contributed by atoms with Crippen LogP contribution in [0.25, 0.3) is 5.52 Å². The third-order valence-corrected chi connectivity index (χ3v) is 1.96. The lowest BCUT2D eigenvalue weighted by molar-refractivity contribution is 0.0693. The third-order valence-electron chi connectivity index (χ3n) is 1.96. The highest BCUT2D eigenvalue weighted by Crippen LogP contribution is 2.17. The number of hydrogen-bond acceptors (Lipinski definition) is 4. The van der Waals surface area contributed by atoms with E-state index >= 15 is 0 Å². The predicted molar refractivity (Wildman–Crippen MR) is 49.1 cm³/mol. The van der Waals surface area contributed by atoms with Crippen LogP contribution < -0.4 is 5.73 Å². The fraction of sp³-hybridized carbons (Fsp3) is 0.125. The van der Waals surface area contributed by atoms with Crippen molar-refractivity contribution in [3.05, 3.63) is 23.9 Å². The molecule has 0 aromatic carbocycles. The van der Waals surface area contributed by atoms with Crippen molar-refractivity contribution in [1.82, 2.24) is 14.4 Å². The Morgan fingerprint density at radius 3 is 3.00 bits per heavy atom. The molecule has 0 spiro atoms. The molecule has 6 nitrogen and oxygen atoms in total. The SMILES string of the molecule is Cc1nc(C(=O)O)c2c(N)nccn12. The molecule has 0 saturated carbocycles. The van der Waals surface area contributed by atoms with Gasteiger partial charge in [-0.15, -0.1) is 0 Å². The molecule has 0 aliphatic rings. The van der Waals surface area contributed by atoms with Gasteiger partial charge in [0.1, 0.15) is 17.2 Å². The Bertz CT molecular complexity index is 517. The van der Waals surface area contributed by atoms with Crippen LogP contribution in [0.3, 0.4) is 0 Å². The summed E-state index contributed by atoms with van der Waals surface area (Å²) in [4.78, 5) is 18.5. The number of aryl methyl sites for hydroxylation is 1. The van der Waals surface area contributed by atoms with Crippen LogP contribution in [-0.2, 0) is 0 Å². The summed E-state index contributed by atoms with van der Waals surface area (Å²) in [5.74, 6) is -0.354. The monoisotopic (exact) mass is 192 g/mol. The largest absolute Gasteiger partial charge is 0.476 e. The van der Waals surface area contributed by atoms with Gasteiger partial charge in [0.05, 0.1) is 0 Å². The molecule has 0 atom stereocenters. The zero-order chi connectivity index (χ0) is 10.3. The van der Waals surface area contributed by atoms with Crippen LogP contribution in [0.4, 0.5) is 5.82 Å². The molecule has 0 fully saturated rings. The number of aromatic nitrogens is 3. The quantitative estimate of drug-likeness (QED) is 0.678. The van der Waals surface area contributed by atoms with Crippen molar-refractivity contribution in [2.75, 3.05) is 5.73 Å². The van der Waals surface area contributed by atoms with Gasteiger partial charge in [0.15, 0.2) is 5.69 Å². The lowest BCUT2D eigenvalue weighted by Crippen LogP contribution is -2.01. The minimum Gasteiger partial charge on any atom is -0.476 e. The smallest absolute Gasteiger partial charge is 0.356 e. The topological polar surface area (TPSA) is 93.5 Å². The molecule has 2 aromatic rings. The average molecular weight is 192 g/mol. The molecule has 0 saturated heterocycles. The second-order valence-corrected chi connectivity index (χ2v) is 2.84. The van der Waals surface area contributed by atoms with Gasteiger partial charge in [0.2, 0.25) is 0 Å². The van der Waals surface area contributed by atoms with Crippen LogP contribution in [0, 0.1) is 6.92 Å². The number of anilines is 1. The van der Waals surface area contributed by atoms with Crippen molar-refractivity contribution >= 4 is 17.3 Å². The van der Waals surface area contributed by atoms with Crippen molar-refractivity contribution in [1.29, 1.82) is 0 Å². The Morgan fingerprint density at radius 1 is 1.64 bits per heavy atom. The standard InChI is InChI=1S/C8H8N4O2/c1-4-11-5(8(13)14)6-7(9)10-2-3-12(4)6/h2-3H,1H3,(H2,9,10)(H,13,14). The lowest BCUT2D eigenvalue weighted by Gasteiger charge is -1.97. The number of carboxylic acids is 1. The number of carboxylic acid groups (broad SMARTS) is 1. The predicted octanol–water partition coefficient (Wildman–Crippen LogP) is 0.318. The van der Waals surface area contributed by atoms with E-state index < -0.39 is 5.97 Å². The highest BCUT2D eigenvalue weighted by Gasteiger charge is 2.16. The van der Waals surface area contributed by atoms with Gasteiger partial charge in [-0.3, -0.25) is 4.40 Å². The molecule has 2 heterocycles. The van der Waals surface area contributed by atoms with Crippen LogP contribution in [0.5, 0.6) is 0 Å². The van der Waals surface area contributed by atoms with Crippen molar-refractivity contribution in [3.63, 3.8) is 0 Å². The van der Waals surface area contributed by atoms with E-state index in [2.05, 4.69) is 9.97 Å². The van der Waals surface area contributed by atoms with Crippen LogP contribution in [0.15, 0.2) is 12.4 Å². The minimum atomic E-state index is -1.10. The first-order valence-corrected chi connectivity index (χ1v) is 3.93. The molecule has 0 unspecified atom stereocenters. The lowest BCUT2D eigenvalue weighted by atomic mass is 10.3. The zero-order valence-electron chi connectivity index (χ0n) is 7.43. The van der Waals surface area contributed by atoms with Crippen molar-refractivity contribution in [2.24, 2.45) is 0 Å². The molecular weight excluding hydrogens is 184 g/mol. The molecule has 3 N–H and O–H groups in total. The summed E-state index contributed by atoms with van der Waals surface area (Å²) in [5, 5.41) is 8.86. The number of nitrogens with two attached hydrogens (primary N) is 1.